The lowest BCUT2D eigenvalue weighted by Gasteiger charge is -2.30. The van der Waals surface area contributed by atoms with Crippen LogP contribution in [-0.4, -0.2) is 67.3 Å². The molecular weight excluding hydrogens is 418 g/mol. The molecule has 1 aliphatic carbocycles. The molecule has 1 amide bonds. The van der Waals surface area contributed by atoms with Crippen molar-refractivity contribution in [3.63, 3.8) is 0 Å². The zero-order valence-electron chi connectivity index (χ0n) is 19.5. The average Bonchev–Trinajstić information content (AvgIpc) is 3.50. The van der Waals surface area contributed by atoms with E-state index in [9.17, 15) is 4.79 Å². The Balaban J connectivity index is 1.05. The highest BCUT2D eigenvalue weighted by atomic mass is 16.5. The summed E-state index contributed by atoms with van der Waals surface area (Å²) in [5.74, 6) is 3.16. The Morgan fingerprint density at radius 2 is 1.88 bits per heavy atom. The number of ether oxygens (including phenoxy) is 1. The predicted molar refractivity (Wildman–Crippen MR) is 126 cm³/mol. The quantitative estimate of drug-likeness (QED) is 0.657. The third-order valence-electron chi connectivity index (χ3n) is 7.58. The van der Waals surface area contributed by atoms with Gasteiger partial charge in [-0.2, -0.15) is 4.98 Å². The fourth-order valence-electron chi connectivity index (χ4n) is 5.21. The summed E-state index contributed by atoms with van der Waals surface area (Å²) in [6, 6.07) is 8.12. The van der Waals surface area contributed by atoms with E-state index in [-0.39, 0.29) is 11.8 Å². The lowest BCUT2D eigenvalue weighted by Crippen LogP contribution is -2.42. The smallest absolute Gasteiger partial charge is 0.324 e. The van der Waals surface area contributed by atoms with E-state index in [4.69, 9.17) is 9.26 Å². The molecule has 2 aromatic rings. The van der Waals surface area contributed by atoms with Crippen molar-refractivity contribution in [3.8, 4) is 17.1 Å². The fourth-order valence-corrected chi connectivity index (χ4v) is 5.21. The summed E-state index contributed by atoms with van der Waals surface area (Å²) in [6.45, 7) is 5.91. The molecule has 3 aliphatic rings. The van der Waals surface area contributed by atoms with Crippen molar-refractivity contribution in [2.45, 2.75) is 38.5 Å². The molecule has 1 aromatic carbocycles. The van der Waals surface area contributed by atoms with Crippen molar-refractivity contribution >= 4 is 11.9 Å². The molecular formula is C25H35N5O3. The van der Waals surface area contributed by atoms with Gasteiger partial charge in [0.2, 0.25) is 11.7 Å². The van der Waals surface area contributed by atoms with E-state index in [0.29, 0.717) is 17.8 Å². The first kappa shape index (κ1) is 22.2. The highest BCUT2D eigenvalue weighted by molar-refractivity contribution is 5.79. The molecule has 33 heavy (non-hydrogen) atoms. The van der Waals surface area contributed by atoms with Crippen molar-refractivity contribution in [2.24, 2.45) is 17.8 Å². The van der Waals surface area contributed by atoms with Crippen LogP contribution in [0.5, 0.6) is 5.75 Å². The van der Waals surface area contributed by atoms with Crippen LogP contribution in [0, 0.1) is 17.8 Å². The van der Waals surface area contributed by atoms with Crippen molar-refractivity contribution in [3.05, 3.63) is 24.3 Å². The van der Waals surface area contributed by atoms with Gasteiger partial charge in [0.25, 0.3) is 0 Å². The number of methoxy groups -OCH3 is 1. The molecule has 1 unspecified atom stereocenters. The molecule has 0 radical (unpaired) electrons. The number of nitrogens with one attached hydrogen (secondary N) is 1. The maximum atomic E-state index is 12.7. The normalized spacial score (nSPS) is 22.3. The van der Waals surface area contributed by atoms with E-state index in [0.717, 1.165) is 56.3 Å². The predicted octanol–water partition coefficient (Wildman–Crippen LogP) is 3.20. The first-order valence-corrected chi connectivity index (χ1v) is 12.4. The number of anilines is 1. The van der Waals surface area contributed by atoms with Gasteiger partial charge in [-0.15, -0.1) is 0 Å². The van der Waals surface area contributed by atoms with E-state index < -0.39 is 0 Å². The van der Waals surface area contributed by atoms with Crippen molar-refractivity contribution in [1.82, 2.24) is 20.4 Å². The standard InChI is InChI=1S/C25H35N5O3/c1-32-22-7-5-20(6-8-22)23-27-25(33-28-23)30-13-10-21(11-14-30)24(31)26-15-19-9-12-29(17-19)16-18-3-2-4-18/h5-8,18-19,21H,2-4,9-17H2,1H3,(H,26,31). The van der Waals surface area contributed by atoms with E-state index in [2.05, 4.69) is 25.3 Å². The SMILES string of the molecule is COc1ccc(-c2noc(N3CCC(C(=O)NCC4CCN(CC5CCC5)C4)CC3)n2)cc1. The summed E-state index contributed by atoms with van der Waals surface area (Å²) < 4.78 is 10.7. The van der Waals surface area contributed by atoms with E-state index >= 15 is 0 Å². The van der Waals surface area contributed by atoms with E-state index in [1.165, 1.54) is 38.8 Å². The molecule has 1 saturated carbocycles. The number of aromatic nitrogens is 2. The number of carbonyl (C=O) groups excluding carboxylic acids is 1. The zero-order chi connectivity index (χ0) is 22.6. The van der Waals surface area contributed by atoms with Gasteiger partial charge in [0.15, 0.2) is 0 Å². The molecule has 0 bridgehead atoms. The Morgan fingerprint density at radius 1 is 1.09 bits per heavy atom. The van der Waals surface area contributed by atoms with Gasteiger partial charge in [0.1, 0.15) is 5.75 Å². The van der Waals surface area contributed by atoms with Gasteiger partial charge in [0, 0.05) is 44.2 Å². The molecule has 2 aliphatic heterocycles. The molecule has 1 N–H and O–H groups in total. The Hall–Kier alpha value is -2.61. The largest absolute Gasteiger partial charge is 0.497 e. The monoisotopic (exact) mass is 453 g/mol. The molecule has 0 spiro atoms. The minimum atomic E-state index is 0.0673. The van der Waals surface area contributed by atoms with Crippen LogP contribution in [0.3, 0.4) is 0 Å². The maximum Gasteiger partial charge on any atom is 0.324 e. The Kier molecular flexibility index (Phi) is 6.80. The zero-order valence-corrected chi connectivity index (χ0v) is 19.5. The van der Waals surface area contributed by atoms with E-state index in [1.807, 2.05) is 24.3 Å². The fraction of sp³-hybridized carbons (Fsp3) is 0.640. The van der Waals surface area contributed by atoms with Crippen LogP contribution in [0.4, 0.5) is 6.01 Å². The third kappa shape index (κ3) is 5.32. The van der Waals surface area contributed by atoms with Crippen LogP contribution in [-0.2, 0) is 4.79 Å². The molecule has 8 nitrogen and oxygen atoms in total. The van der Waals surface area contributed by atoms with Crippen molar-refractivity contribution in [1.29, 1.82) is 0 Å². The number of nitrogens with zero attached hydrogens (tertiary/aromatic N) is 4. The summed E-state index contributed by atoms with van der Waals surface area (Å²) in [5, 5.41) is 7.37. The minimum Gasteiger partial charge on any atom is -0.497 e. The highest BCUT2D eigenvalue weighted by Crippen LogP contribution is 2.29. The second-order valence-corrected chi connectivity index (χ2v) is 9.85. The number of carbonyl (C=O) groups is 1. The molecule has 178 valence electrons. The maximum absolute atomic E-state index is 12.7. The number of hydrogen-bond donors (Lipinski definition) is 1. The molecule has 8 heteroatoms. The van der Waals surface area contributed by atoms with Crippen LogP contribution >= 0.6 is 0 Å². The van der Waals surface area contributed by atoms with Gasteiger partial charge in [-0.05, 0) is 74.8 Å². The molecule has 5 rings (SSSR count). The van der Waals surface area contributed by atoms with E-state index in [1.54, 1.807) is 7.11 Å². The number of benzene rings is 1. The van der Waals surface area contributed by atoms with Crippen LogP contribution < -0.4 is 15.0 Å². The van der Waals surface area contributed by atoms with Crippen LogP contribution in [0.25, 0.3) is 11.4 Å². The number of piperidine rings is 1. The van der Waals surface area contributed by atoms with Gasteiger partial charge in [-0.3, -0.25) is 4.79 Å². The number of amides is 1. The topological polar surface area (TPSA) is 83.7 Å². The first-order valence-electron chi connectivity index (χ1n) is 12.4. The second-order valence-electron chi connectivity index (χ2n) is 9.85. The Labute approximate surface area is 195 Å². The lowest BCUT2D eigenvalue weighted by molar-refractivity contribution is -0.125. The number of rotatable bonds is 8. The van der Waals surface area contributed by atoms with Crippen LogP contribution in [0.2, 0.25) is 0 Å². The lowest BCUT2D eigenvalue weighted by atomic mass is 9.85. The van der Waals surface area contributed by atoms with Gasteiger partial charge >= 0.3 is 6.01 Å². The molecule has 2 saturated heterocycles. The molecule has 3 fully saturated rings. The van der Waals surface area contributed by atoms with Gasteiger partial charge in [-0.1, -0.05) is 11.6 Å². The van der Waals surface area contributed by atoms with Crippen molar-refractivity contribution < 1.29 is 14.1 Å². The number of likely N-dealkylation sites (tertiary alicyclic amines) is 1. The summed E-state index contributed by atoms with van der Waals surface area (Å²) in [5.41, 5.74) is 0.887. The van der Waals surface area contributed by atoms with Gasteiger partial charge in [-0.25, -0.2) is 0 Å². The average molecular weight is 454 g/mol. The molecule has 1 atom stereocenters. The second kappa shape index (κ2) is 10.1. The number of hydrogen-bond acceptors (Lipinski definition) is 7. The minimum absolute atomic E-state index is 0.0673. The molecule has 3 heterocycles. The Bertz CT molecular complexity index is 918. The summed E-state index contributed by atoms with van der Waals surface area (Å²) in [6.07, 6.45) is 7.05. The first-order chi connectivity index (χ1) is 16.2. The van der Waals surface area contributed by atoms with Gasteiger partial charge in [0.05, 0.1) is 7.11 Å². The van der Waals surface area contributed by atoms with Crippen LogP contribution in [0.15, 0.2) is 28.8 Å². The highest BCUT2D eigenvalue weighted by Gasteiger charge is 2.30. The van der Waals surface area contributed by atoms with Crippen LogP contribution in [0.1, 0.15) is 38.5 Å². The third-order valence-corrected chi connectivity index (χ3v) is 7.58. The van der Waals surface area contributed by atoms with Crippen molar-refractivity contribution in [2.75, 3.05) is 51.3 Å². The summed E-state index contributed by atoms with van der Waals surface area (Å²) in [4.78, 5) is 22.0. The summed E-state index contributed by atoms with van der Waals surface area (Å²) in [7, 11) is 1.64. The Morgan fingerprint density at radius 3 is 2.58 bits per heavy atom. The van der Waals surface area contributed by atoms with Gasteiger partial charge < -0.3 is 24.4 Å². The summed E-state index contributed by atoms with van der Waals surface area (Å²) >= 11 is 0. The molecule has 1 aromatic heterocycles.